The summed E-state index contributed by atoms with van der Waals surface area (Å²) in [6.07, 6.45) is 8.96. The quantitative estimate of drug-likeness (QED) is 0.611. The molecule has 0 aromatic carbocycles. The maximum atomic E-state index is 4.09. The van der Waals surface area contributed by atoms with Crippen molar-refractivity contribution in [1.82, 2.24) is 9.97 Å². The number of hydrogen-bond acceptors (Lipinski definition) is 4. The molecule has 2 rings (SSSR count). The van der Waals surface area contributed by atoms with Crippen LogP contribution in [0.25, 0.3) is 0 Å². The SMILES string of the molecule is C1=CN(c2ncccn2)CN=C1. The fourth-order valence-corrected chi connectivity index (χ4v) is 0.955. The molecule has 0 aliphatic carbocycles. The molecule has 0 saturated heterocycles. The Balaban J connectivity index is 2.21. The second-order valence-electron chi connectivity index (χ2n) is 2.33. The molecule has 0 atom stereocenters. The average Bonchev–Trinajstić information content (AvgIpc) is 2.21. The molecule has 60 valence electrons. The lowest BCUT2D eigenvalue weighted by atomic mass is 10.5. The molecule has 4 heteroatoms. The molecule has 1 aromatic rings. The lowest BCUT2D eigenvalue weighted by Crippen LogP contribution is -2.20. The molecule has 0 unspecified atom stereocenters. The van der Waals surface area contributed by atoms with Crippen LogP contribution < -0.4 is 4.90 Å². The Morgan fingerprint density at radius 1 is 1.25 bits per heavy atom. The van der Waals surface area contributed by atoms with Crippen molar-refractivity contribution in [2.75, 3.05) is 11.6 Å². The van der Waals surface area contributed by atoms with Crippen LogP contribution in [0.3, 0.4) is 0 Å². The van der Waals surface area contributed by atoms with Crippen molar-refractivity contribution >= 4 is 12.2 Å². The molecule has 12 heavy (non-hydrogen) atoms. The minimum absolute atomic E-state index is 0.598. The fourth-order valence-electron chi connectivity index (χ4n) is 0.955. The minimum Gasteiger partial charge on any atom is -0.297 e. The summed E-state index contributed by atoms with van der Waals surface area (Å²) >= 11 is 0. The third-order valence-corrected chi connectivity index (χ3v) is 1.50. The Hall–Kier alpha value is -1.71. The van der Waals surface area contributed by atoms with Gasteiger partial charge in [0.05, 0.1) is 0 Å². The summed E-state index contributed by atoms with van der Waals surface area (Å²) in [6, 6.07) is 1.79. The van der Waals surface area contributed by atoms with Gasteiger partial charge in [-0.05, 0) is 12.1 Å². The summed E-state index contributed by atoms with van der Waals surface area (Å²) in [5.41, 5.74) is 0. The second kappa shape index (κ2) is 3.13. The zero-order valence-corrected chi connectivity index (χ0v) is 6.46. The van der Waals surface area contributed by atoms with E-state index in [1.807, 2.05) is 17.2 Å². The summed E-state index contributed by atoms with van der Waals surface area (Å²) in [5, 5.41) is 0. The van der Waals surface area contributed by atoms with Crippen molar-refractivity contribution in [3.8, 4) is 0 Å². The number of allylic oxidation sites excluding steroid dienone is 1. The van der Waals surface area contributed by atoms with Crippen LogP contribution in [0.4, 0.5) is 5.95 Å². The first-order chi connectivity index (χ1) is 5.97. The van der Waals surface area contributed by atoms with Gasteiger partial charge in [-0.1, -0.05) is 0 Å². The van der Waals surface area contributed by atoms with Crippen molar-refractivity contribution in [2.45, 2.75) is 0 Å². The van der Waals surface area contributed by atoms with Crippen molar-refractivity contribution in [2.24, 2.45) is 4.99 Å². The third-order valence-electron chi connectivity index (χ3n) is 1.50. The van der Waals surface area contributed by atoms with E-state index < -0.39 is 0 Å². The summed E-state index contributed by atoms with van der Waals surface area (Å²) in [5.74, 6) is 0.686. The predicted octanol–water partition coefficient (Wildman–Crippen LogP) is 0.839. The first-order valence-corrected chi connectivity index (χ1v) is 3.67. The Kier molecular flexibility index (Phi) is 1.82. The molecule has 0 radical (unpaired) electrons. The highest BCUT2D eigenvalue weighted by Gasteiger charge is 2.04. The Morgan fingerprint density at radius 2 is 2.08 bits per heavy atom. The van der Waals surface area contributed by atoms with Gasteiger partial charge >= 0.3 is 0 Å². The van der Waals surface area contributed by atoms with Gasteiger partial charge in [-0.3, -0.25) is 9.89 Å². The van der Waals surface area contributed by atoms with Gasteiger partial charge < -0.3 is 0 Å². The van der Waals surface area contributed by atoms with Crippen molar-refractivity contribution < 1.29 is 0 Å². The van der Waals surface area contributed by atoms with E-state index >= 15 is 0 Å². The summed E-state index contributed by atoms with van der Waals surface area (Å²) in [4.78, 5) is 14.1. The third kappa shape index (κ3) is 1.32. The second-order valence-corrected chi connectivity index (χ2v) is 2.33. The highest BCUT2D eigenvalue weighted by molar-refractivity contribution is 5.73. The van der Waals surface area contributed by atoms with Gasteiger partial charge in [0.25, 0.3) is 0 Å². The molecule has 0 N–H and O–H groups in total. The number of aromatic nitrogens is 2. The molecule has 0 saturated carbocycles. The molecule has 1 aliphatic rings. The largest absolute Gasteiger partial charge is 0.297 e. The predicted molar refractivity (Wildman–Crippen MR) is 47.0 cm³/mol. The lowest BCUT2D eigenvalue weighted by molar-refractivity contribution is 0.909. The number of nitrogens with zero attached hydrogens (tertiary/aromatic N) is 4. The number of aliphatic imine (C=N–C) groups is 1. The van der Waals surface area contributed by atoms with Gasteiger partial charge in [-0.15, -0.1) is 0 Å². The fraction of sp³-hybridized carbons (Fsp3) is 0.125. The van der Waals surface area contributed by atoms with Crippen LogP contribution in [0.15, 0.2) is 35.7 Å². The lowest BCUT2D eigenvalue weighted by Gasteiger charge is -2.16. The Morgan fingerprint density at radius 3 is 2.75 bits per heavy atom. The van der Waals surface area contributed by atoms with Crippen molar-refractivity contribution in [3.63, 3.8) is 0 Å². The Bertz CT molecular complexity index is 304. The number of anilines is 1. The summed E-state index contributed by atoms with van der Waals surface area (Å²) in [6.45, 7) is 0.598. The minimum atomic E-state index is 0.598. The maximum Gasteiger partial charge on any atom is 0.230 e. The van der Waals surface area contributed by atoms with Gasteiger partial charge in [-0.25, -0.2) is 9.97 Å². The number of hydrogen-bond donors (Lipinski definition) is 0. The van der Waals surface area contributed by atoms with Crippen LogP contribution in [-0.2, 0) is 0 Å². The van der Waals surface area contributed by atoms with Crippen LogP contribution in [-0.4, -0.2) is 22.9 Å². The van der Waals surface area contributed by atoms with Crippen LogP contribution in [0.5, 0.6) is 0 Å². The monoisotopic (exact) mass is 160 g/mol. The smallest absolute Gasteiger partial charge is 0.230 e. The van der Waals surface area contributed by atoms with Crippen LogP contribution in [0, 0.1) is 0 Å². The van der Waals surface area contributed by atoms with Crippen LogP contribution >= 0.6 is 0 Å². The highest BCUT2D eigenvalue weighted by atomic mass is 15.3. The molecule has 0 spiro atoms. The van der Waals surface area contributed by atoms with Crippen molar-refractivity contribution in [1.29, 1.82) is 0 Å². The molecular formula is C8H8N4. The summed E-state index contributed by atoms with van der Waals surface area (Å²) in [7, 11) is 0. The van der Waals surface area contributed by atoms with E-state index in [9.17, 15) is 0 Å². The molecule has 4 nitrogen and oxygen atoms in total. The molecule has 0 amide bonds. The van der Waals surface area contributed by atoms with Gasteiger partial charge in [0.1, 0.15) is 6.67 Å². The molecular weight excluding hydrogens is 152 g/mol. The van der Waals surface area contributed by atoms with E-state index in [-0.39, 0.29) is 0 Å². The van der Waals surface area contributed by atoms with E-state index in [4.69, 9.17) is 0 Å². The molecule has 0 bridgehead atoms. The van der Waals surface area contributed by atoms with Gasteiger partial charge in [0.2, 0.25) is 5.95 Å². The number of rotatable bonds is 1. The highest BCUT2D eigenvalue weighted by Crippen LogP contribution is 2.06. The topological polar surface area (TPSA) is 41.4 Å². The van der Waals surface area contributed by atoms with E-state index in [0.717, 1.165) is 0 Å². The molecule has 2 heterocycles. The molecule has 1 aliphatic heterocycles. The van der Waals surface area contributed by atoms with E-state index in [2.05, 4.69) is 15.0 Å². The summed E-state index contributed by atoms with van der Waals surface area (Å²) < 4.78 is 0. The average molecular weight is 160 g/mol. The first kappa shape index (κ1) is 6.97. The normalized spacial score (nSPS) is 15.2. The van der Waals surface area contributed by atoms with Gasteiger partial charge in [-0.2, -0.15) is 0 Å². The molecule has 1 aromatic heterocycles. The van der Waals surface area contributed by atoms with Crippen LogP contribution in [0.2, 0.25) is 0 Å². The van der Waals surface area contributed by atoms with Crippen molar-refractivity contribution in [3.05, 3.63) is 30.7 Å². The zero-order chi connectivity index (χ0) is 8.23. The van der Waals surface area contributed by atoms with E-state index in [0.29, 0.717) is 12.6 Å². The van der Waals surface area contributed by atoms with Gasteiger partial charge in [0, 0.05) is 24.8 Å². The maximum absolute atomic E-state index is 4.09. The van der Waals surface area contributed by atoms with Crippen LogP contribution in [0.1, 0.15) is 0 Å². The van der Waals surface area contributed by atoms with Gasteiger partial charge in [0.15, 0.2) is 0 Å². The molecule has 0 fully saturated rings. The Labute approximate surface area is 70.3 Å². The first-order valence-electron chi connectivity index (χ1n) is 3.67. The van der Waals surface area contributed by atoms with E-state index in [1.165, 1.54) is 0 Å². The van der Waals surface area contributed by atoms with E-state index in [1.54, 1.807) is 24.7 Å². The standard InChI is InChI=1S/C8H8N4/c1-4-10-8(11-5-1)12-6-2-3-9-7-12/h1-6H,7H2. The zero-order valence-electron chi connectivity index (χ0n) is 6.46.